The second kappa shape index (κ2) is 5.55. The molecule has 0 radical (unpaired) electrons. The number of carbonyl (C=O) groups is 1. The van der Waals surface area contributed by atoms with Crippen LogP contribution in [-0.2, 0) is 4.79 Å². The lowest BCUT2D eigenvalue weighted by atomic mass is 10.1. The number of hydrogen-bond donors (Lipinski definition) is 0. The zero-order valence-electron chi connectivity index (χ0n) is 9.95. The number of hydrogen-bond acceptors (Lipinski definition) is 3. The van der Waals surface area contributed by atoms with Gasteiger partial charge in [0.05, 0.1) is 18.2 Å². The van der Waals surface area contributed by atoms with E-state index in [1.54, 1.807) is 19.2 Å². The van der Waals surface area contributed by atoms with Crippen LogP contribution in [0.4, 0.5) is 5.69 Å². The van der Waals surface area contributed by atoms with Crippen LogP contribution < -0.4 is 9.64 Å². The van der Waals surface area contributed by atoms with Gasteiger partial charge in [-0.15, -0.1) is 0 Å². The summed E-state index contributed by atoms with van der Waals surface area (Å²) in [4.78, 5) is 13.0. The SMILES string of the molecule is COc1cc(C)c(N(C)C(=O)CC#N)cc1Cl. The molecule has 0 spiro atoms. The average molecular weight is 253 g/mol. The minimum atomic E-state index is -0.267. The van der Waals surface area contributed by atoms with Crippen molar-refractivity contribution in [1.82, 2.24) is 0 Å². The van der Waals surface area contributed by atoms with E-state index in [9.17, 15) is 4.79 Å². The molecule has 0 aromatic heterocycles. The van der Waals surface area contributed by atoms with E-state index in [0.717, 1.165) is 5.56 Å². The van der Waals surface area contributed by atoms with E-state index in [1.807, 2.05) is 13.0 Å². The fraction of sp³-hybridized carbons (Fsp3) is 0.333. The summed E-state index contributed by atoms with van der Waals surface area (Å²) in [6.07, 6.45) is -0.153. The maximum Gasteiger partial charge on any atom is 0.240 e. The lowest BCUT2D eigenvalue weighted by molar-refractivity contribution is -0.117. The van der Waals surface area contributed by atoms with Gasteiger partial charge < -0.3 is 9.64 Å². The van der Waals surface area contributed by atoms with Gasteiger partial charge in [-0.3, -0.25) is 4.79 Å². The predicted molar refractivity (Wildman–Crippen MR) is 66.4 cm³/mol. The number of anilines is 1. The molecular weight excluding hydrogens is 240 g/mol. The molecule has 0 aliphatic carbocycles. The van der Waals surface area contributed by atoms with Crippen molar-refractivity contribution in [1.29, 1.82) is 5.26 Å². The monoisotopic (exact) mass is 252 g/mol. The molecule has 4 nitrogen and oxygen atoms in total. The normalized spacial score (nSPS) is 9.59. The van der Waals surface area contributed by atoms with Crippen LogP contribution in [0.25, 0.3) is 0 Å². The third-order valence-corrected chi connectivity index (χ3v) is 2.73. The number of nitrogens with zero attached hydrogens (tertiary/aromatic N) is 2. The van der Waals surface area contributed by atoms with Gasteiger partial charge in [-0.05, 0) is 24.6 Å². The zero-order chi connectivity index (χ0) is 13.0. The van der Waals surface area contributed by atoms with Crippen LogP contribution in [-0.4, -0.2) is 20.1 Å². The molecule has 0 saturated heterocycles. The number of methoxy groups -OCH3 is 1. The van der Waals surface area contributed by atoms with Crippen LogP contribution in [0.2, 0.25) is 5.02 Å². The van der Waals surface area contributed by atoms with Crippen molar-refractivity contribution in [2.24, 2.45) is 0 Å². The van der Waals surface area contributed by atoms with E-state index in [0.29, 0.717) is 16.5 Å². The lowest BCUT2D eigenvalue weighted by Gasteiger charge is -2.19. The predicted octanol–water partition coefficient (Wildman–Crippen LogP) is 2.53. The Balaban J connectivity index is 3.11. The summed E-state index contributed by atoms with van der Waals surface area (Å²) >= 11 is 6.00. The maximum absolute atomic E-state index is 11.6. The number of nitriles is 1. The summed E-state index contributed by atoms with van der Waals surface area (Å²) in [7, 11) is 3.15. The van der Waals surface area contributed by atoms with Crippen LogP contribution >= 0.6 is 11.6 Å². The molecular formula is C12H13ClN2O2. The van der Waals surface area contributed by atoms with E-state index in [-0.39, 0.29) is 12.3 Å². The number of rotatable bonds is 3. The van der Waals surface area contributed by atoms with Gasteiger partial charge >= 0.3 is 0 Å². The second-order valence-corrected chi connectivity index (χ2v) is 3.97. The molecule has 17 heavy (non-hydrogen) atoms. The maximum atomic E-state index is 11.6. The van der Waals surface area contributed by atoms with Gasteiger partial charge in [0.25, 0.3) is 0 Å². The highest BCUT2D eigenvalue weighted by Crippen LogP contribution is 2.32. The Bertz CT molecular complexity index is 480. The molecule has 5 heteroatoms. The summed E-state index contributed by atoms with van der Waals surface area (Å²) in [5, 5.41) is 8.93. The van der Waals surface area contributed by atoms with Gasteiger partial charge in [-0.2, -0.15) is 5.26 Å². The first-order valence-electron chi connectivity index (χ1n) is 4.99. The van der Waals surface area contributed by atoms with Crippen molar-refractivity contribution < 1.29 is 9.53 Å². The molecule has 0 unspecified atom stereocenters. The topological polar surface area (TPSA) is 53.3 Å². The molecule has 0 bridgehead atoms. The standard InChI is InChI=1S/C12H13ClN2O2/c1-8-6-11(17-3)9(13)7-10(8)15(2)12(16)4-5-14/h6-7H,4H2,1-3H3. The Morgan fingerprint density at radius 1 is 1.59 bits per heavy atom. The van der Waals surface area contributed by atoms with Crippen molar-refractivity contribution in [3.05, 3.63) is 22.7 Å². The highest BCUT2D eigenvalue weighted by atomic mass is 35.5. The minimum Gasteiger partial charge on any atom is -0.495 e. The summed E-state index contributed by atoms with van der Waals surface area (Å²) in [6, 6.07) is 5.24. The van der Waals surface area contributed by atoms with Crippen molar-refractivity contribution in [3.63, 3.8) is 0 Å². The lowest BCUT2D eigenvalue weighted by Crippen LogP contribution is -2.26. The van der Waals surface area contributed by atoms with E-state index < -0.39 is 0 Å². The molecule has 0 saturated carbocycles. The van der Waals surface area contributed by atoms with E-state index >= 15 is 0 Å². The Kier molecular flexibility index (Phi) is 4.36. The summed E-state index contributed by atoms with van der Waals surface area (Å²) in [5.74, 6) is 0.297. The molecule has 1 aromatic carbocycles. The van der Waals surface area contributed by atoms with Crippen molar-refractivity contribution in [2.75, 3.05) is 19.1 Å². The summed E-state index contributed by atoms with van der Waals surface area (Å²) < 4.78 is 5.08. The zero-order valence-corrected chi connectivity index (χ0v) is 10.7. The van der Waals surface area contributed by atoms with Crippen molar-refractivity contribution in [2.45, 2.75) is 13.3 Å². The molecule has 1 rings (SSSR count). The highest BCUT2D eigenvalue weighted by molar-refractivity contribution is 6.32. The molecule has 0 aliphatic rings. The first-order valence-corrected chi connectivity index (χ1v) is 5.36. The van der Waals surface area contributed by atoms with Crippen molar-refractivity contribution in [3.8, 4) is 11.8 Å². The van der Waals surface area contributed by atoms with E-state index in [1.165, 1.54) is 12.0 Å². The molecule has 0 N–H and O–H groups in total. The molecule has 1 aromatic rings. The minimum absolute atomic E-state index is 0.153. The van der Waals surface area contributed by atoms with Crippen LogP contribution in [0.1, 0.15) is 12.0 Å². The quantitative estimate of drug-likeness (QED) is 0.831. The number of benzene rings is 1. The molecule has 0 aliphatic heterocycles. The third kappa shape index (κ3) is 2.89. The Labute approximate surface area is 105 Å². The Morgan fingerprint density at radius 2 is 2.24 bits per heavy atom. The summed E-state index contributed by atoms with van der Waals surface area (Å²) in [6.45, 7) is 1.85. The molecule has 0 atom stereocenters. The number of ether oxygens (including phenoxy) is 1. The van der Waals surface area contributed by atoms with Crippen LogP contribution in [0.5, 0.6) is 5.75 Å². The fourth-order valence-corrected chi connectivity index (χ4v) is 1.72. The largest absolute Gasteiger partial charge is 0.495 e. The smallest absolute Gasteiger partial charge is 0.240 e. The van der Waals surface area contributed by atoms with Gasteiger partial charge in [0.15, 0.2) is 0 Å². The van der Waals surface area contributed by atoms with Crippen molar-refractivity contribution >= 4 is 23.2 Å². The van der Waals surface area contributed by atoms with E-state index in [2.05, 4.69) is 0 Å². The molecule has 0 heterocycles. The van der Waals surface area contributed by atoms with Crippen LogP contribution in [0, 0.1) is 18.3 Å². The van der Waals surface area contributed by atoms with Crippen LogP contribution in [0.3, 0.4) is 0 Å². The molecule has 1 amide bonds. The highest BCUT2D eigenvalue weighted by Gasteiger charge is 2.15. The second-order valence-electron chi connectivity index (χ2n) is 3.56. The van der Waals surface area contributed by atoms with Gasteiger partial charge in [0.1, 0.15) is 12.2 Å². The first-order chi connectivity index (χ1) is 8.01. The number of halogens is 1. The summed E-state index contributed by atoms with van der Waals surface area (Å²) in [5.41, 5.74) is 1.54. The first kappa shape index (κ1) is 13.3. The van der Waals surface area contributed by atoms with Gasteiger partial charge in [-0.1, -0.05) is 11.6 Å². The number of amides is 1. The average Bonchev–Trinajstić information content (AvgIpc) is 2.31. The van der Waals surface area contributed by atoms with Crippen LogP contribution in [0.15, 0.2) is 12.1 Å². The van der Waals surface area contributed by atoms with Gasteiger partial charge in [0.2, 0.25) is 5.91 Å². The van der Waals surface area contributed by atoms with E-state index in [4.69, 9.17) is 21.6 Å². The Morgan fingerprint density at radius 3 is 2.76 bits per heavy atom. The van der Waals surface area contributed by atoms with Gasteiger partial charge in [0, 0.05) is 12.7 Å². The number of aryl methyl sites for hydroxylation is 1. The van der Waals surface area contributed by atoms with Gasteiger partial charge in [-0.25, -0.2) is 0 Å². The Hall–Kier alpha value is -1.73. The number of carbonyl (C=O) groups excluding carboxylic acids is 1. The molecule has 0 fully saturated rings. The molecule has 90 valence electrons. The fourth-order valence-electron chi connectivity index (χ4n) is 1.48. The third-order valence-electron chi connectivity index (χ3n) is 2.44.